The van der Waals surface area contributed by atoms with E-state index in [1.54, 1.807) is 21.8 Å². The van der Waals surface area contributed by atoms with Crippen molar-refractivity contribution in [1.82, 2.24) is 4.90 Å². The minimum atomic E-state index is -5.58. The van der Waals surface area contributed by atoms with Crippen molar-refractivity contribution in [1.29, 1.82) is 0 Å². The molecule has 1 aliphatic heterocycles. The summed E-state index contributed by atoms with van der Waals surface area (Å²) in [6, 6.07) is 5.60. The van der Waals surface area contributed by atoms with E-state index in [9.17, 15) is 31.5 Å². The first-order valence-corrected chi connectivity index (χ1v) is 11.6. The van der Waals surface area contributed by atoms with Crippen molar-refractivity contribution in [2.24, 2.45) is 17.3 Å². The first-order valence-electron chi connectivity index (χ1n) is 10.2. The van der Waals surface area contributed by atoms with E-state index in [0.717, 1.165) is 6.42 Å². The highest BCUT2D eigenvalue weighted by molar-refractivity contribution is 7.93. The Labute approximate surface area is 180 Å². The standard InChI is InChI=1S/C21H27F3N2O4S/c1-13(2)20-11-17(20)14(3)26(19(28)16(20)8-6-10-27)12-15-7-4-5-9-18(15)25-31(29,30)21(22,23)24/h4-5,7-9,13-14,17,25,27H,6,10-12H2,1-3H3/b16-8+/t14-,17?,20-/m1/s1. The largest absolute Gasteiger partial charge is 0.516 e. The number of halogens is 3. The number of sulfonamides is 1. The molecule has 0 spiro atoms. The molecule has 2 aliphatic rings. The molecular formula is C21H27F3N2O4S. The first kappa shape index (κ1) is 23.6. The van der Waals surface area contributed by atoms with Gasteiger partial charge in [0, 0.05) is 30.2 Å². The fourth-order valence-corrected chi connectivity index (χ4v) is 5.40. The molecule has 1 aliphatic carbocycles. The van der Waals surface area contributed by atoms with E-state index in [4.69, 9.17) is 0 Å². The molecule has 3 rings (SSSR count). The van der Waals surface area contributed by atoms with Crippen LogP contribution < -0.4 is 4.72 Å². The SMILES string of the molecule is CC(C)[C@@]12CC1[C@@H](C)N(Cc1ccccc1NS(=O)(=O)C(F)(F)F)C(=O)/C2=C\CCO. The van der Waals surface area contributed by atoms with E-state index in [-0.39, 0.29) is 53.6 Å². The van der Waals surface area contributed by atoms with Crippen molar-refractivity contribution in [2.75, 3.05) is 11.3 Å². The van der Waals surface area contributed by atoms with Gasteiger partial charge in [-0.2, -0.15) is 21.6 Å². The highest BCUT2D eigenvalue weighted by Crippen LogP contribution is 2.67. The number of fused-ring (bicyclic) bond motifs is 1. The molecule has 1 unspecified atom stereocenters. The third-order valence-electron chi connectivity index (χ3n) is 6.54. The van der Waals surface area contributed by atoms with Crippen LogP contribution in [-0.2, 0) is 21.4 Å². The number of anilines is 1. The van der Waals surface area contributed by atoms with Crippen molar-refractivity contribution >= 4 is 21.6 Å². The van der Waals surface area contributed by atoms with E-state index >= 15 is 0 Å². The Morgan fingerprint density at radius 2 is 1.97 bits per heavy atom. The zero-order valence-electron chi connectivity index (χ0n) is 17.6. The van der Waals surface area contributed by atoms with Gasteiger partial charge in [-0.05, 0) is 43.2 Å². The fourth-order valence-electron chi connectivity index (χ4n) is 4.79. The van der Waals surface area contributed by atoms with Crippen LogP contribution in [0, 0.1) is 17.3 Å². The van der Waals surface area contributed by atoms with Crippen LogP contribution in [0.1, 0.15) is 39.2 Å². The highest BCUT2D eigenvalue weighted by atomic mass is 32.2. The summed E-state index contributed by atoms with van der Waals surface area (Å²) < 4.78 is 63.3. The molecule has 0 aromatic heterocycles. The van der Waals surface area contributed by atoms with Crippen molar-refractivity contribution < 1.29 is 31.5 Å². The van der Waals surface area contributed by atoms with Crippen molar-refractivity contribution in [3.05, 3.63) is 41.5 Å². The maximum atomic E-state index is 13.4. The van der Waals surface area contributed by atoms with Gasteiger partial charge in [0.15, 0.2) is 0 Å². The van der Waals surface area contributed by atoms with E-state index in [0.29, 0.717) is 12.0 Å². The van der Waals surface area contributed by atoms with Crippen LogP contribution in [0.25, 0.3) is 0 Å². The van der Waals surface area contributed by atoms with Crippen LogP contribution in [0.4, 0.5) is 18.9 Å². The van der Waals surface area contributed by atoms with Crippen LogP contribution in [-0.4, -0.2) is 42.5 Å². The number of likely N-dealkylation sites (tertiary alicyclic amines) is 1. The lowest BCUT2D eigenvalue weighted by atomic mass is 9.77. The van der Waals surface area contributed by atoms with E-state index in [1.165, 1.54) is 18.2 Å². The molecule has 31 heavy (non-hydrogen) atoms. The van der Waals surface area contributed by atoms with Gasteiger partial charge in [0.25, 0.3) is 5.91 Å². The minimum absolute atomic E-state index is 0.0301. The number of hydrogen-bond acceptors (Lipinski definition) is 4. The van der Waals surface area contributed by atoms with Crippen LogP contribution >= 0.6 is 0 Å². The molecule has 6 nitrogen and oxygen atoms in total. The monoisotopic (exact) mass is 460 g/mol. The smallest absolute Gasteiger partial charge is 0.396 e. The van der Waals surface area contributed by atoms with Crippen LogP contribution in [0.15, 0.2) is 35.9 Å². The molecule has 0 bridgehead atoms. The predicted molar refractivity (Wildman–Crippen MR) is 110 cm³/mol. The molecule has 1 aromatic carbocycles. The molecule has 1 heterocycles. The zero-order chi connectivity index (χ0) is 23.2. The summed E-state index contributed by atoms with van der Waals surface area (Å²) in [5, 5.41) is 9.24. The summed E-state index contributed by atoms with van der Waals surface area (Å²) in [4.78, 5) is 15.0. The summed E-state index contributed by atoms with van der Waals surface area (Å²) in [5.74, 6) is 0.202. The van der Waals surface area contributed by atoms with Gasteiger partial charge < -0.3 is 10.0 Å². The minimum Gasteiger partial charge on any atom is -0.396 e. The third kappa shape index (κ3) is 4.07. The molecule has 2 fully saturated rings. The molecule has 0 radical (unpaired) electrons. The summed E-state index contributed by atoms with van der Waals surface area (Å²) in [7, 11) is -5.58. The number of carbonyl (C=O) groups is 1. The highest BCUT2D eigenvalue weighted by Gasteiger charge is 2.66. The van der Waals surface area contributed by atoms with Gasteiger partial charge in [-0.25, -0.2) is 0 Å². The number of carbonyl (C=O) groups excluding carboxylic acids is 1. The molecule has 1 aromatic rings. The number of amides is 1. The predicted octanol–water partition coefficient (Wildman–Crippen LogP) is 3.65. The van der Waals surface area contributed by atoms with Crippen LogP contribution in [0.3, 0.4) is 0 Å². The lowest BCUT2D eigenvalue weighted by Gasteiger charge is -2.40. The lowest BCUT2D eigenvalue weighted by molar-refractivity contribution is -0.133. The summed E-state index contributed by atoms with van der Waals surface area (Å²) in [6.45, 7) is 5.91. The Morgan fingerprint density at radius 1 is 1.32 bits per heavy atom. The molecule has 10 heteroatoms. The molecule has 172 valence electrons. The summed E-state index contributed by atoms with van der Waals surface area (Å²) in [6.07, 6.45) is 2.93. The average molecular weight is 461 g/mol. The van der Waals surface area contributed by atoms with Gasteiger partial charge in [0.05, 0.1) is 5.69 Å². The number of piperidine rings is 1. The van der Waals surface area contributed by atoms with Crippen molar-refractivity contribution in [3.8, 4) is 0 Å². The quantitative estimate of drug-likeness (QED) is 0.608. The van der Waals surface area contributed by atoms with Gasteiger partial charge in [-0.15, -0.1) is 0 Å². The van der Waals surface area contributed by atoms with Gasteiger partial charge in [-0.1, -0.05) is 38.1 Å². The average Bonchev–Trinajstić information content (AvgIpc) is 3.42. The summed E-state index contributed by atoms with van der Waals surface area (Å²) in [5.41, 5.74) is -5.00. The fraction of sp³-hybridized carbons (Fsp3) is 0.571. The molecule has 2 N–H and O–H groups in total. The Hall–Kier alpha value is -2.07. The maximum Gasteiger partial charge on any atom is 0.516 e. The zero-order valence-corrected chi connectivity index (χ0v) is 18.4. The molecule has 1 saturated carbocycles. The second kappa shape index (κ2) is 8.12. The van der Waals surface area contributed by atoms with Crippen molar-refractivity contribution in [2.45, 2.75) is 51.7 Å². The third-order valence-corrected chi connectivity index (χ3v) is 7.64. The number of hydrogen-bond donors (Lipinski definition) is 2. The number of benzene rings is 1. The van der Waals surface area contributed by atoms with E-state index in [2.05, 4.69) is 13.8 Å². The van der Waals surface area contributed by atoms with Crippen LogP contribution in [0.5, 0.6) is 0 Å². The maximum absolute atomic E-state index is 13.4. The number of aliphatic hydroxyl groups excluding tert-OH is 1. The van der Waals surface area contributed by atoms with Gasteiger partial charge in [0.1, 0.15) is 0 Å². The number of alkyl halides is 3. The summed E-state index contributed by atoms with van der Waals surface area (Å²) >= 11 is 0. The van der Waals surface area contributed by atoms with Gasteiger partial charge in [0.2, 0.25) is 0 Å². The first-order chi connectivity index (χ1) is 14.4. The normalized spacial score (nSPS) is 27.5. The van der Waals surface area contributed by atoms with E-state index in [1.807, 2.05) is 6.92 Å². The number of rotatable bonds is 7. The topological polar surface area (TPSA) is 86.7 Å². The Bertz CT molecular complexity index is 991. The van der Waals surface area contributed by atoms with E-state index < -0.39 is 15.5 Å². The second-order valence-corrected chi connectivity index (χ2v) is 10.2. The Balaban J connectivity index is 1.93. The van der Waals surface area contributed by atoms with Gasteiger partial charge in [-0.3, -0.25) is 9.52 Å². The Kier molecular flexibility index (Phi) is 6.18. The van der Waals surface area contributed by atoms with Crippen molar-refractivity contribution in [3.63, 3.8) is 0 Å². The number of nitrogens with zero attached hydrogens (tertiary/aromatic N) is 1. The van der Waals surface area contributed by atoms with Crippen LogP contribution in [0.2, 0.25) is 0 Å². The molecule has 3 atom stereocenters. The molecular weight excluding hydrogens is 433 g/mol. The second-order valence-electron chi connectivity index (χ2n) is 8.52. The number of para-hydroxylation sites is 1. The molecule has 1 saturated heterocycles. The van der Waals surface area contributed by atoms with Gasteiger partial charge >= 0.3 is 15.5 Å². The number of nitrogens with one attached hydrogen (secondary N) is 1. The molecule has 1 amide bonds. The number of aliphatic hydroxyl groups is 1. The Morgan fingerprint density at radius 3 is 2.55 bits per heavy atom. The lowest BCUT2D eigenvalue weighted by Crippen LogP contribution is -2.48.